The van der Waals surface area contributed by atoms with Gasteiger partial charge in [-0.15, -0.1) is 0 Å². The zero-order valence-corrected chi connectivity index (χ0v) is 11.1. The van der Waals surface area contributed by atoms with E-state index in [1.165, 1.54) is 0 Å². The molecular weight excluding hydrogens is 300 g/mol. The van der Waals surface area contributed by atoms with E-state index in [0.717, 1.165) is 10.0 Å². The third kappa shape index (κ3) is 2.39. The second-order valence-corrected chi connectivity index (χ2v) is 4.35. The van der Waals surface area contributed by atoms with Crippen molar-refractivity contribution in [2.75, 3.05) is 7.11 Å². The van der Waals surface area contributed by atoms with Crippen molar-refractivity contribution < 1.29 is 14.4 Å². The molecule has 1 aromatic carbocycles. The van der Waals surface area contributed by atoms with Crippen LogP contribution >= 0.6 is 15.9 Å². The summed E-state index contributed by atoms with van der Waals surface area (Å²) in [5.74, 6) is 1.36. The summed E-state index contributed by atoms with van der Waals surface area (Å²) in [6.45, 7) is 0. The van der Waals surface area contributed by atoms with E-state index in [2.05, 4.69) is 15.9 Å². The molecule has 0 unspecified atom stereocenters. The summed E-state index contributed by atoms with van der Waals surface area (Å²) in [4.78, 5) is 0. The van der Waals surface area contributed by atoms with Crippen molar-refractivity contribution in [1.82, 2.24) is 5.48 Å². The van der Waals surface area contributed by atoms with Crippen molar-refractivity contribution >= 4 is 21.8 Å². The van der Waals surface area contributed by atoms with Crippen LogP contribution in [0, 0.1) is 5.41 Å². The molecule has 6 heteroatoms. The smallest absolute Gasteiger partial charge is 0.185 e. The van der Waals surface area contributed by atoms with Crippen LogP contribution in [0.2, 0.25) is 0 Å². The first-order chi connectivity index (χ1) is 8.65. The molecule has 0 spiro atoms. The molecule has 3 N–H and O–H groups in total. The Balaban J connectivity index is 2.37. The number of furan rings is 1. The van der Waals surface area contributed by atoms with Gasteiger partial charge in [0.15, 0.2) is 11.6 Å². The first-order valence-electron chi connectivity index (χ1n) is 5.08. The third-order valence-corrected chi connectivity index (χ3v) is 3.05. The molecule has 1 aromatic heterocycles. The average Bonchev–Trinajstić information content (AvgIpc) is 2.88. The predicted molar refractivity (Wildman–Crippen MR) is 70.1 cm³/mol. The van der Waals surface area contributed by atoms with Crippen molar-refractivity contribution in [3.8, 4) is 17.1 Å². The van der Waals surface area contributed by atoms with Gasteiger partial charge in [0.05, 0.1) is 11.6 Å². The molecule has 18 heavy (non-hydrogen) atoms. The van der Waals surface area contributed by atoms with Gasteiger partial charge in [-0.2, -0.15) is 0 Å². The van der Waals surface area contributed by atoms with Crippen LogP contribution in [-0.4, -0.2) is 18.2 Å². The number of benzene rings is 1. The summed E-state index contributed by atoms with van der Waals surface area (Å²) in [5, 5.41) is 16.0. The lowest BCUT2D eigenvalue weighted by atomic mass is 10.1. The molecule has 1 heterocycles. The molecule has 0 saturated carbocycles. The molecular formula is C12H11BrN2O3. The van der Waals surface area contributed by atoms with E-state index < -0.39 is 0 Å². The van der Waals surface area contributed by atoms with Crippen molar-refractivity contribution in [1.29, 1.82) is 5.41 Å². The molecule has 94 valence electrons. The van der Waals surface area contributed by atoms with Crippen LogP contribution in [-0.2, 0) is 0 Å². The van der Waals surface area contributed by atoms with Gasteiger partial charge in [-0.3, -0.25) is 10.6 Å². The Bertz CT molecular complexity index is 580. The fourth-order valence-electron chi connectivity index (χ4n) is 1.50. The number of ether oxygens (including phenoxy) is 1. The van der Waals surface area contributed by atoms with Crippen LogP contribution in [0.3, 0.4) is 0 Å². The highest BCUT2D eigenvalue weighted by molar-refractivity contribution is 9.10. The molecule has 0 radical (unpaired) electrons. The second-order valence-electron chi connectivity index (χ2n) is 3.50. The molecule has 0 fully saturated rings. The minimum absolute atomic E-state index is 0.190. The SMILES string of the molecule is COc1cc(-c2ccc(C(=N)NO)o2)ccc1Br. The first-order valence-corrected chi connectivity index (χ1v) is 5.87. The predicted octanol–water partition coefficient (Wildman–Crippen LogP) is 3.02. The normalized spacial score (nSPS) is 10.2. The lowest BCUT2D eigenvalue weighted by molar-refractivity contribution is 0.232. The lowest BCUT2D eigenvalue weighted by Crippen LogP contribution is -2.17. The Morgan fingerprint density at radius 3 is 2.83 bits per heavy atom. The molecule has 0 aliphatic heterocycles. The van der Waals surface area contributed by atoms with E-state index in [1.54, 1.807) is 24.7 Å². The van der Waals surface area contributed by atoms with Crippen LogP contribution in [0.1, 0.15) is 5.76 Å². The summed E-state index contributed by atoms with van der Waals surface area (Å²) in [6.07, 6.45) is 0. The topological polar surface area (TPSA) is 78.5 Å². The summed E-state index contributed by atoms with van der Waals surface area (Å²) in [5.41, 5.74) is 2.56. The second kappa shape index (κ2) is 5.24. The van der Waals surface area contributed by atoms with Crippen molar-refractivity contribution in [3.05, 3.63) is 40.6 Å². The van der Waals surface area contributed by atoms with E-state index in [1.807, 2.05) is 18.2 Å². The molecule has 0 saturated heterocycles. The summed E-state index contributed by atoms with van der Waals surface area (Å²) >= 11 is 3.37. The highest BCUT2D eigenvalue weighted by atomic mass is 79.9. The summed E-state index contributed by atoms with van der Waals surface area (Å²) in [6, 6.07) is 8.87. The summed E-state index contributed by atoms with van der Waals surface area (Å²) in [7, 11) is 1.59. The largest absolute Gasteiger partial charge is 0.496 e. The Labute approximate surface area is 112 Å². The Morgan fingerprint density at radius 2 is 2.17 bits per heavy atom. The van der Waals surface area contributed by atoms with Crippen LogP contribution < -0.4 is 10.2 Å². The maximum atomic E-state index is 8.63. The first kappa shape index (κ1) is 12.7. The van der Waals surface area contributed by atoms with Crippen LogP contribution in [0.4, 0.5) is 0 Å². The highest BCUT2D eigenvalue weighted by Gasteiger charge is 2.10. The molecule has 0 amide bonds. The minimum atomic E-state index is -0.190. The zero-order valence-electron chi connectivity index (χ0n) is 9.53. The Kier molecular flexibility index (Phi) is 3.69. The molecule has 0 aliphatic carbocycles. The number of methoxy groups -OCH3 is 1. The van der Waals surface area contributed by atoms with Gasteiger partial charge in [0.1, 0.15) is 11.5 Å². The maximum Gasteiger partial charge on any atom is 0.185 e. The number of rotatable bonds is 3. The molecule has 2 rings (SSSR count). The number of hydrogen-bond acceptors (Lipinski definition) is 4. The minimum Gasteiger partial charge on any atom is -0.496 e. The lowest BCUT2D eigenvalue weighted by Gasteiger charge is -2.05. The Morgan fingerprint density at radius 1 is 1.39 bits per heavy atom. The molecule has 0 aliphatic rings. The standard InChI is InChI=1S/C12H11BrN2O3/c1-17-11-6-7(2-3-8(11)13)9-4-5-10(18-9)12(14)15-16/h2-6,16H,1H3,(H2,14,15). The van der Waals surface area contributed by atoms with Gasteiger partial charge in [-0.25, -0.2) is 5.48 Å². The maximum absolute atomic E-state index is 8.63. The number of nitrogens with one attached hydrogen (secondary N) is 2. The number of amidine groups is 1. The zero-order chi connectivity index (χ0) is 13.1. The van der Waals surface area contributed by atoms with E-state index in [0.29, 0.717) is 11.5 Å². The Hall–Kier alpha value is -1.79. The van der Waals surface area contributed by atoms with E-state index in [4.69, 9.17) is 19.8 Å². The fourth-order valence-corrected chi connectivity index (χ4v) is 1.90. The molecule has 5 nitrogen and oxygen atoms in total. The number of hydroxylamine groups is 1. The fraction of sp³-hybridized carbons (Fsp3) is 0.0833. The number of hydrogen-bond donors (Lipinski definition) is 3. The molecule has 0 bridgehead atoms. The van der Waals surface area contributed by atoms with Crippen molar-refractivity contribution in [3.63, 3.8) is 0 Å². The van der Waals surface area contributed by atoms with Crippen LogP contribution in [0.15, 0.2) is 39.2 Å². The van der Waals surface area contributed by atoms with Gasteiger partial charge in [0, 0.05) is 5.56 Å². The van der Waals surface area contributed by atoms with Gasteiger partial charge in [-0.05, 0) is 46.3 Å². The van der Waals surface area contributed by atoms with Gasteiger partial charge < -0.3 is 9.15 Å². The van der Waals surface area contributed by atoms with Crippen molar-refractivity contribution in [2.45, 2.75) is 0 Å². The van der Waals surface area contributed by atoms with E-state index in [-0.39, 0.29) is 11.6 Å². The summed E-state index contributed by atoms with van der Waals surface area (Å²) < 4.78 is 11.5. The van der Waals surface area contributed by atoms with Gasteiger partial charge in [0.2, 0.25) is 0 Å². The third-order valence-electron chi connectivity index (χ3n) is 2.40. The van der Waals surface area contributed by atoms with Crippen LogP contribution in [0.5, 0.6) is 5.75 Å². The van der Waals surface area contributed by atoms with E-state index in [9.17, 15) is 0 Å². The highest BCUT2D eigenvalue weighted by Crippen LogP contribution is 2.31. The van der Waals surface area contributed by atoms with Gasteiger partial charge in [0.25, 0.3) is 0 Å². The number of halogens is 1. The van der Waals surface area contributed by atoms with E-state index >= 15 is 0 Å². The molecule has 2 aromatic rings. The quantitative estimate of drug-likeness (QED) is 0.462. The molecule has 0 atom stereocenters. The van der Waals surface area contributed by atoms with Crippen molar-refractivity contribution in [2.24, 2.45) is 0 Å². The van der Waals surface area contributed by atoms with Gasteiger partial charge in [-0.1, -0.05) is 0 Å². The average molecular weight is 311 g/mol. The van der Waals surface area contributed by atoms with Crippen LogP contribution in [0.25, 0.3) is 11.3 Å². The monoisotopic (exact) mass is 310 g/mol. The van der Waals surface area contributed by atoms with Gasteiger partial charge >= 0.3 is 0 Å².